The van der Waals surface area contributed by atoms with E-state index in [1.165, 1.54) is 12.1 Å². The molecule has 1 aliphatic rings. The zero-order valence-electron chi connectivity index (χ0n) is 10.9. The van der Waals surface area contributed by atoms with Crippen molar-refractivity contribution >= 4 is 17.5 Å². The Labute approximate surface area is 117 Å². The van der Waals surface area contributed by atoms with Gasteiger partial charge in [-0.2, -0.15) is 0 Å². The van der Waals surface area contributed by atoms with Gasteiger partial charge in [-0.1, -0.05) is 18.5 Å². The Bertz CT molecular complexity index is 464. The van der Waals surface area contributed by atoms with Crippen LogP contribution in [0.2, 0.25) is 5.02 Å². The summed E-state index contributed by atoms with van der Waals surface area (Å²) < 4.78 is 5.57. The Morgan fingerprint density at radius 1 is 1.58 bits per heavy atom. The van der Waals surface area contributed by atoms with Crippen LogP contribution in [-0.4, -0.2) is 30.3 Å². The maximum absolute atomic E-state index is 12.0. The molecule has 0 spiro atoms. The summed E-state index contributed by atoms with van der Waals surface area (Å²) >= 11 is 5.73. The molecular weight excluding hydrogens is 266 g/mol. The van der Waals surface area contributed by atoms with E-state index in [-0.39, 0.29) is 23.3 Å². The van der Waals surface area contributed by atoms with E-state index in [0.29, 0.717) is 17.5 Å². The minimum Gasteiger partial charge on any atom is -0.507 e. The third-order valence-electron chi connectivity index (χ3n) is 3.48. The fourth-order valence-electron chi connectivity index (χ4n) is 2.39. The number of rotatable bonds is 4. The first-order valence-corrected chi connectivity index (χ1v) is 6.88. The SMILES string of the molecule is CCC1OCCC1CNC(=O)c1ccc(Cl)cc1O. The number of phenolic OH excluding ortho intramolecular Hbond substituents is 1. The Morgan fingerprint density at radius 3 is 3.05 bits per heavy atom. The molecule has 5 heteroatoms. The van der Waals surface area contributed by atoms with Crippen molar-refractivity contribution in [3.8, 4) is 5.75 Å². The molecule has 2 N–H and O–H groups in total. The average molecular weight is 284 g/mol. The Morgan fingerprint density at radius 2 is 2.37 bits per heavy atom. The van der Waals surface area contributed by atoms with Gasteiger partial charge >= 0.3 is 0 Å². The number of aromatic hydroxyl groups is 1. The summed E-state index contributed by atoms with van der Waals surface area (Å²) in [6.07, 6.45) is 2.14. The second kappa shape index (κ2) is 6.26. The number of carbonyl (C=O) groups is 1. The van der Waals surface area contributed by atoms with Crippen molar-refractivity contribution in [2.45, 2.75) is 25.9 Å². The Hall–Kier alpha value is -1.26. The predicted molar refractivity (Wildman–Crippen MR) is 73.6 cm³/mol. The van der Waals surface area contributed by atoms with Crippen molar-refractivity contribution in [2.75, 3.05) is 13.2 Å². The van der Waals surface area contributed by atoms with Crippen molar-refractivity contribution in [1.82, 2.24) is 5.32 Å². The van der Waals surface area contributed by atoms with E-state index in [2.05, 4.69) is 12.2 Å². The van der Waals surface area contributed by atoms with E-state index in [4.69, 9.17) is 16.3 Å². The summed E-state index contributed by atoms with van der Waals surface area (Å²) in [7, 11) is 0. The summed E-state index contributed by atoms with van der Waals surface area (Å²) in [5, 5.41) is 12.9. The molecule has 1 aromatic carbocycles. The van der Waals surface area contributed by atoms with Crippen LogP contribution in [0.3, 0.4) is 0 Å². The molecule has 2 unspecified atom stereocenters. The van der Waals surface area contributed by atoms with Crippen molar-refractivity contribution in [3.05, 3.63) is 28.8 Å². The van der Waals surface area contributed by atoms with E-state index in [1.54, 1.807) is 6.07 Å². The number of ether oxygens (including phenoxy) is 1. The van der Waals surface area contributed by atoms with E-state index in [1.807, 2.05) is 0 Å². The fourth-order valence-corrected chi connectivity index (χ4v) is 2.56. The van der Waals surface area contributed by atoms with Gasteiger partial charge in [0.25, 0.3) is 5.91 Å². The molecule has 1 aliphatic heterocycles. The summed E-state index contributed by atoms with van der Waals surface area (Å²) in [4.78, 5) is 12.0. The monoisotopic (exact) mass is 283 g/mol. The van der Waals surface area contributed by atoms with Crippen molar-refractivity contribution in [2.24, 2.45) is 5.92 Å². The highest BCUT2D eigenvalue weighted by Gasteiger charge is 2.27. The van der Waals surface area contributed by atoms with Gasteiger partial charge < -0.3 is 15.2 Å². The second-order valence-corrected chi connectivity index (χ2v) is 5.17. The van der Waals surface area contributed by atoms with Gasteiger partial charge in [-0.15, -0.1) is 0 Å². The first-order valence-electron chi connectivity index (χ1n) is 6.50. The first kappa shape index (κ1) is 14.2. The lowest BCUT2D eigenvalue weighted by Gasteiger charge is -2.17. The second-order valence-electron chi connectivity index (χ2n) is 4.74. The third kappa shape index (κ3) is 3.39. The molecule has 0 aliphatic carbocycles. The molecule has 1 heterocycles. The molecule has 1 aromatic rings. The standard InChI is InChI=1S/C14H18ClNO3/c1-2-13-9(5-6-19-13)8-16-14(18)11-4-3-10(15)7-12(11)17/h3-4,7,9,13,17H,2,5-6,8H2,1H3,(H,16,18). The van der Waals surface area contributed by atoms with Crippen LogP contribution in [-0.2, 0) is 4.74 Å². The zero-order chi connectivity index (χ0) is 13.8. The highest BCUT2D eigenvalue weighted by Crippen LogP contribution is 2.24. The van der Waals surface area contributed by atoms with Crippen molar-refractivity contribution < 1.29 is 14.6 Å². The van der Waals surface area contributed by atoms with Gasteiger partial charge in [0.05, 0.1) is 11.7 Å². The smallest absolute Gasteiger partial charge is 0.255 e. The number of benzene rings is 1. The van der Waals surface area contributed by atoms with Crippen LogP contribution >= 0.6 is 11.6 Å². The number of halogens is 1. The maximum atomic E-state index is 12.0. The van der Waals surface area contributed by atoms with Crippen LogP contribution in [0, 0.1) is 5.92 Å². The van der Waals surface area contributed by atoms with Gasteiger partial charge in [0.15, 0.2) is 0 Å². The van der Waals surface area contributed by atoms with Gasteiger partial charge in [-0.05, 0) is 31.0 Å². The molecule has 0 radical (unpaired) electrons. The molecule has 4 nitrogen and oxygen atoms in total. The lowest BCUT2D eigenvalue weighted by molar-refractivity contribution is 0.0826. The fraction of sp³-hybridized carbons (Fsp3) is 0.500. The number of hydrogen-bond acceptors (Lipinski definition) is 3. The Balaban J connectivity index is 1.94. The largest absolute Gasteiger partial charge is 0.507 e. The number of carbonyl (C=O) groups excluding carboxylic acids is 1. The first-order chi connectivity index (χ1) is 9.11. The summed E-state index contributed by atoms with van der Waals surface area (Å²) in [5.74, 6) is -0.0287. The predicted octanol–water partition coefficient (Wildman–Crippen LogP) is 2.59. The lowest BCUT2D eigenvalue weighted by Crippen LogP contribution is -2.32. The molecule has 1 fully saturated rings. The van der Waals surface area contributed by atoms with Crippen LogP contribution in [0.1, 0.15) is 30.1 Å². The maximum Gasteiger partial charge on any atom is 0.255 e. The van der Waals surface area contributed by atoms with Gasteiger partial charge in [0.2, 0.25) is 0 Å². The molecule has 1 amide bonds. The third-order valence-corrected chi connectivity index (χ3v) is 3.71. The lowest BCUT2D eigenvalue weighted by atomic mass is 9.99. The number of nitrogens with one attached hydrogen (secondary N) is 1. The minimum absolute atomic E-state index is 0.0975. The molecule has 2 rings (SSSR count). The van der Waals surface area contributed by atoms with Gasteiger partial charge in [-0.25, -0.2) is 0 Å². The van der Waals surface area contributed by atoms with Crippen LogP contribution < -0.4 is 5.32 Å². The molecule has 0 bridgehead atoms. The minimum atomic E-state index is -0.282. The molecule has 2 atom stereocenters. The molecule has 104 valence electrons. The van der Waals surface area contributed by atoms with E-state index >= 15 is 0 Å². The highest BCUT2D eigenvalue weighted by molar-refractivity contribution is 6.30. The van der Waals surface area contributed by atoms with Gasteiger partial charge in [0, 0.05) is 24.1 Å². The van der Waals surface area contributed by atoms with E-state index in [0.717, 1.165) is 19.4 Å². The number of hydrogen-bond donors (Lipinski definition) is 2. The topological polar surface area (TPSA) is 58.6 Å². The van der Waals surface area contributed by atoms with E-state index < -0.39 is 0 Å². The molecule has 1 saturated heterocycles. The average Bonchev–Trinajstić information content (AvgIpc) is 2.83. The summed E-state index contributed by atoms with van der Waals surface area (Å²) in [5.41, 5.74) is 0.247. The van der Waals surface area contributed by atoms with Gasteiger partial charge in [-0.3, -0.25) is 4.79 Å². The number of phenols is 1. The van der Waals surface area contributed by atoms with Crippen LogP contribution in [0.5, 0.6) is 5.75 Å². The number of amides is 1. The van der Waals surface area contributed by atoms with Crippen molar-refractivity contribution in [1.29, 1.82) is 0 Å². The normalized spacial score (nSPS) is 22.4. The zero-order valence-corrected chi connectivity index (χ0v) is 11.6. The summed E-state index contributed by atoms with van der Waals surface area (Å²) in [6.45, 7) is 3.40. The molecule has 19 heavy (non-hydrogen) atoms. The highest BCUT2D eigenvalue weighted by atomic mass is 35.5. The van der Waals surface area contributed by atoms with Crippen LogP contribution in [0.25, 0.3) is 0 Å². The van der Waals surface area contributed by atoms with Crippen LogP contribution in [0.15, 0.2) is 18.2 Å². The Kier molecular flexibility index (Phi) is 4.66. The van der Waals surface area contributed by atoms with E-state index in [9.17, 15) is 9.90 Å². The van der Waals surface area contributed by atoms with Crippen molar-refractivity contribution in [3.63, 3.8) is 0 Å². The quantitative estimate of drug-likeness (QED) is 0.893. The molecule has 0 aromatic heterocycles. The molecular formula is C14H18ClNO3. The summed E-state index contributed by atoms with van der Waals surface area (Å²) in [6, 6.07) is 4.48. The molecule has 0 saturated carbocycles. The van der Waals surface area contributed by atoms with Crippen LogP contribution in [0.4, 0.5) is 0 Å². The van der Waals surface area contributed by atoms with Gasteiger partial charge in [0.1, 0.15) is 5.75 Å².